The summed E-state index contributed by atoms with van der Waals surface area (Å²) in [4.78, 5) is 3.30. The van der Waals surface area contributed by atoms with E-state index in [1.54, 1.807) is 17.4 Å². The van der Waals surface area contributed by atoms with Crippen molar-refractivity contribution in [1.82, 2.24) is 4.90 Å². The second-order valence-electron chi connectivity index (χ2n) is 4.88. The van der Waals surface area contributed by atoms with Crippen LogP contribution in [0.1, 0.15) is 29.0 Å². The van der Waals surface area contributed by atoms with Crippen LogP contribution >= 0.6 is 11.3 Å². The van der Waals surface area contributed by atoms with E-state index in [0.717, 1.165) is 12.1 Å². The Hall–Kier alpha value is -1.67. The first kappa shape index (κ1) is 15.7. The van der Waals surface area contributed by atoms with Gasteiger partial charge in [-0.15, -0.1) is 11.3 Å². The molecule has 2 N–H and O–H groups in total. The molecule has 2 nitrogen and oxygen atoms in total. The average molecular weight is 302 g/mol. The van der Waals surface area contributed by atoms with Crippen LogP contribution in [0.4, 0.5) is 4.39 Å². The summed E-state index contributed by atoms with van der Waals surface area (Å²) in [5.41, 5.74) is 7.14. The summed E-state index contributed by atoms with van der Waals surface area (Å²) in [5, 5.41) is 2.03. The molecule has 0 bridgehead atoms. The van der Waals surface area contributed by atoms with Gasteiger partial charge in [-0.2, -0.15) is 0 Å². The zero-order valence-corrected chi connectivity index (χ0v) is 13.1. The van der Waals surface area contributed by atoms with Crippen LogP contribution in [0, 0.1) is 17.7 Å². The van der Waals surface area contributed by atoms with Gasteiger partial charge in [0, 0.05) is 28.6 Å². The lowest BCUT2D eigenvalue weighted by Gasteiger charge is -2.25. The minimum Gasteiger partial charge on any atom is -0.320 e. The summed E-state index contributed by atoms with van der Waals surface area (Å²) in [7, 11) is 2.00. The number of hydrogen-bond acceptors (Lipinski definition) is 3. The van der Waals surface area contributed by atoms with Gasteiger partial charge >= 0.3 is 0 Å². The van der Waals surface area contributed by atoms with E-state index in [1.807, 2.05) is 37.6 Å². The van der Waals surface area contributed by atoms with Crippen LogP contribution in [-0.4, -0.2) is 18.5 Å². The van der Waals surface area contributed by atoms with Crippen molar-refractivity contribution in [2.24, 2.45) is 5.73 Å². The van der Waals surface area contributed by atoms with Gasteiger partial charge in [-0.25, -0.2) is 4.39 Å². The van der Waals surface area contributed by atoms with Crippen molar-refractivity contribution in [2.75, 3.05) is 13.6 Å². The summed E-state index contributed by atoms with van der Waals surface area (Å²) in [6.45, 7) is 3.11. The summed E-state index contributed by atoms with van der Waals surface area (Å²) >= 11 is 1.67. The molecule has 0 aliphatic heterocycles. The molecule has 0 saturated heterocycles. The van der Waals surface area contributed by atoms with Crippen molar-refractivity contribution in [3.63, 3.8) is 0 Å². The monoisotopic (exact) mass is 302 g/mol. The van der Waals surface area contributed by atoms with Crippen LogP contribution in [-0.2, 0) is 6.54 Å². The Balaban J connectivity index is 2.13. The molecule has 2 aromatic rings. The predicted octanol–water partition coefficient (Wildman–Crippen LogP) is 3.39. The van der Waals surface area contributed by atoms with Crippen molar-refractivity contribution in [3.05, 3.63) is 57.5 Å². The first-order valence-electron chi connectivity index (χ1n) is 6.83. The maximum Gasteiger partial charge on any atom is 0.127 e. The fraction of sp³-hybridized carbons (Fsp3) is 0.294. The maximum atomic E-state index is 13.9. The summed E-state index contributed by atoms with van der Waals surface area (Å²) in [6, 6.07) is 8.92. The van der Waals surface area contributed by atoms with E-state index < -0.39 is 0 Å². The highest BCUT2D eigenvalue weighted by Crippen LogP contribution is 2.25. The average Bonchev–Trinajstić information content (AvgIpc) is 2.92. The number of nitrogens with zero attached hydrogens (tertiary/aromatic N) is 1. The van der Waals surface area contributed by atoms with Gasteiger partial charge in [0.1, 0.15) is 5.82 Å². The van der Waals surface area contributed by atoms with E-state index in [1.165, 1.54) is 10.9 Å². The largest absolute Gasteiger partial charge is 0.320 e. The molecule has 0 fully saturated rings. The molecule has 0 saturated carbocycles. The quantitative estimate of drug-likeness (QED) is 0.877. The van der Waals surface area contributed by atoms with Crippen LogP contribution in [0.2, 0.25) is 0 Å². The molecule has 4 heteroatoms. The molecule has 0 spiro atoms. The molecular weight excluding hydrogens is 283 g/mol. The first-order chi connectivity index (χ1) is 10.1. The van der Waals surface area contributed by atoms with Crippen molar-refractivity contribution in [1.29, 1.82) is 0 Å². The Kier molecular flexibility index (Phi) is 5.51. The molecule has 0 radical (unpaired) electrons. The number of hydrogen-bond donors (Lipinski definition) is 1. The lowest BCUT2D eigenvalue weighted by Crippen LogP contribution is -2.22. The summed E-state index contributed by atoms with van der Waals surface area (Å²) in [5.74, 6) is 5.80. The third-order valence-corrected chi connectivity index (χ3v) is 4.39. The van der Waals surface area contributed by atoms with Gasteiger partial charge in [0.15, 0.2) is 0 Å². The van der Waals surface area contributed by atoms with Gasteiger partial charge in [0.05, 0.1) is 6.54 Å². The molecule has 1 aromatic heterocycles. The van der Waals surface area contributed by atoms with E-state index in [2.05, 4.69) is 16.7 Å². The molecule has 110 valence electrons. The molecule has 0 amide bonds. The molecule has 0 aliphatic carbocycles. The second kappa shape index (κ2) is 7.37. The maximum absolute atomic E-state index is 13.9. The number of nitrogens with two attached hydrogens (primary N) is 1. The smallest absolute Gasteiger partial charge is 0.127 e. The number of rotatable bonds is 4. The molecule has 21 heavy (non-hydrogen) atoms. The Bertz CT molecular complexity index is 654. The van der Waals surface area contributed by atoms with Gasteiger partial charge in [0.2, 0.25) is 0 Å². The van der Waals surface area contributed by atoms with Gasteiger partial charge in [-0.3, -0.25) is 4.90 Å². The van der Waals surface area contributed by atoms with Crippen LogP contribution < -0.4 is 5.73 Å². The van der Waals surface area contributed by atoms with Crippen molar-refractivity contribution < 1.29 is 4.39 Å². The molecule has 1 unspecified atom stereocenters. The fourth-order valence-electron chi connectivity index (χ4n) is 2.14. The molecular formula is C17H19FN2S. The Morgan fingerprint density at radius 3 is 2.81 bits per heavy atom. The third-order valence-electron chi connectivity index (χ3n) is 3.48. The topological polar surface area (TPSA) is 29.3 Å². The second-order valence-corrected chi connectivity index (χ2v) is 5.88. The SMILES string of the molecule is CC(c1ccccc1F)N(C)Cc1sccc1C#CCN. The predicted molar refractivity (Wildman–Crippen MR) is 86.5 cm³/mol. The Labute approximate surface area is 129 Å². The molecule has 1 aromatic carbocycles. The highest BCUT2D eigenvalue weighted by atomic mass is 32.1. The summed E-state index contributed by atoms with van der Waals surface area (Å²) < 4.78 is 13.9. The molecule has 1 heterocycles. The standard InChI is InChI=1S/C17H19FN2S/c1-13(15-7-3-4-8-16(15)18)20(2)12-17-14(6-5-10-19)9-11-21-17/h3-4,7-9,11,13H,10,12,19H2,1-2H3. The van der Waals surface area contributed by atoms with Crippen LogP contribution in [0.15, 0.2) is 35.7 Å². The van der Waals surface area contributed by atoms with Gasteiger partial charge in [-0.1, -0.05) is 30.0 Å². The zero-order valence-electron chi connectivity index (χ0n) is 12.3. The van der Waals surface area contributed by atoms with Crippen molar-refractivity contribution >= 4 is 11.3 Å². The molecule has 2 rings (SSSR count). The van der Waals surface area contributed by atoms with Crippen LogP contribution in [0.3, 0.4) is 0 Å². The Morgan fingerprint density at radius 2 is 2.10 bits per heavy atom. The normalized spacial score (nSPS) is 12.0. The van der Waals surface area contributed by atoms with E-state index >= 15 is 0 Å². The summed E-state index contributed by atoms with van der Waals surface area (Å²) in [6.07, 6.45) is 0. The van der Waals surface area contributed by atoms with Gasteiger partial charge in [-0.05, 0) is 31.5 Å². The molecule has 0 aliphatic rings. The fourth-order valence-corrected chi connectivity index (χ4v) is 3.03. The number of thiophene rings is 1. The molecule has 1 atom stereocenters. The minimum atomic E-state index is -0.161. The number of halogens is 1. The zero-order chi connectivity index (χ0) is 15.2. The highest BCUT2D eigenvalue weighted by Gasteiger charge is 2.16. The number of benzene rings is 1. The van der Waals surface area contributed by atoms with E-state index in [0.29, 0.717) is 12.1 Å². The van der Waals surface area contributed by atoms with Crippen molar-refractivity contribution in [3.8, 4) is 11.8 Å². The highest BCUT2D eigenvalue weighted by molar-refractivity contribution is 7.10. The van der Waals surface area contributed by atoms with Crippen LogP contribution in [0.5, 0.6) is 0 Å². The van der Waals surface area contributed by atoms with Gasteiger partial charge in [0.25, 0.3) is 0 Å². The van der Waals surface area contributed by atoms with E-state index in [9.17, 15) is 4.39 Å². The van der Waals surface area contributed by atoms with Crippen LogP contribution in [0.25, 0.3) is 0 Å². The van der Waals surface area contributed by atoms with Crippen molar-refractivity contribution in [2.45, 2.75) is 19.5 Å². The minimum absolute atomic E-state index is 0.00335. The van der Waals surface area contributed by atoms with Gasteiger partial charge < -0.3 is 5.73 Å². The van der Waals surface area contributed by atoms with E-state index in [4.69, 9.17) is 5.73 Å². The lowest BCUT2D eigenvalue weighted by molar-refractivity contribution is 0.250. The van der Waals surface area contributed by atoms with E-state index in [-0.39, 0.29) is 11.9 Å². The first-order valence-corrected chi connectivity index (χ1v) is 7.71. The lowest BCUT2D eigenvalue weighted by atomic mass is 10.1. The Morgan fingerprint density at radius 1 is 1.33 bits per heavy atom. The third kappa shape index (κ3) is 3.92.